The minimum atomic E-state index is -0.387. The van der Waals surface area contributed by atoms with Crippen LogP contribution in [-0.2, 0) is 4.79 Å². The first-order valence-corrected chi connectivity index (χ1v) is 12.5. The molecule has 4 saturated carbocycles. The summed E-state index contributed by atoms with van der Waals surface area (Å²) in [6, 6.07) is 4.79. The Morgan fingerprint density at radius 2 is 1.72 bits per heavy atom. The van der Waals surface area contributed by atoms with Crippen LogP contribution in [0.25, 0.3) is 0 Å². The third-order valence-electron chi connectivity index (χ3n) is 8.40. The van der Waals surface area contributed by atoms with Gasteiger partial charge in [-0.2, -0.15) is 0 Å². The first-order valence-electron chi connectivity index (χ1n) is 12.1. The van der Waals surface area contributed by atoms with Crippen LogP contribution in [0, 0.1) is 33.3 Å². The smallest absolute Gasteiger partial charge is 0.294 e. The molecule has 174 valence electrons. The zero-order chi connectivity index (χ0) is 22.5. The molecule has 6 rings (SSSR count). The highest BCUT2D eigenvalue weighted by atomic mass is 35.5. The molecule has 1 aliphatic heterocycles. The summed E-state index contributed by atoms with van der Waals surface area (Å²) in [5.41, 5.74) is 1.08. The van der Waals surface area contributed by atoms with E-state index in [-0.39, 0.29) is 16.5 Å². The van der Waals surface area contributed by atoms with Gasteiger partial charge >= 0.3 is 0 Å². The van der Waals surface area contributed by atoms with E-state index in [2.05, 4.69) is 7.05 Å². The van der Waals surface area contributed by atoms with Crippen LogP contribution in [0.15, 0.2) is 18.2 Å². The zero-order valence-electron chi connectivity index (χ0n) is 18.9. The van der Waals surface area contributed by atoms with Gasteiger partial charge in [0.25, 0.3) is 11.6 Å². The number of amides is 1. The number of carbonyl (C=O) groups excluding carboxylic acids is 1. The molecule has 1 amide bonds. The lowest BCUT2D eigenvalue weighted by Gasteiger charge is -2.56. The van der Waals surface area contributed by atoms with Crippen LogP contribution >= 0.6 is 11.6 Å². The summed E-state index contributed by atoms with van der Waals surface area (Å²) in [4.78, 5) is 29.3. The van der Waals surface area contributed by atoms with E-state index in [1.165, 1.54) is 49.5 Å². The number of rotatable bonds is 6. The SMILES string of the molecule is C[NH+](CC(=O)N1CCN(c2ccc(Cl)cc2[N+](=O)[O-])CC1)CC12CC3CC(CC(C3)C1)C2. The Hall–Kier alpha value is -1.86. The summed E-state index contributed by atoms with van der Waals surface area (Å²) in [6.07, 6.45) is 8.49. The van der Waals surface area contributed by atoms with E-state index in [1.54, 1.807) is 12.1 Å². The molecule has 4 aliphatic carbocycles. The van der Waals surface area contributed by atoms with Gasteiger partial charge in [-0.3, -0.25) is 14.9 Å². The summed E-state index contributed by atoms with van der Waals surface area (Å²) >= 11 is 5.95. The van der Waals surface area contributed by atoms with Gasteiger partial charge in [0.2, 0.25) is 0 Å². The van der Waals surface area contributed by atoms with Gasteiger partial charge in [-0.05, 0) is 68.4 Å². The third kappa shape index (κ3) is 4.34. The Labute approximate surface area is 194 Å². The second-order valence-electron chi connectivity index (χ2n) is 11.0. The van der Waals surface area contributed by atoms with Gasteiger partial charge in [0.05, 0.1) is 18.5 Å². The average molecular weight is 462 g/mol. The Morgan fingerprint density at radius 3 is 2.28 bits per heavy atom. The lowest BCUT2D eigenvalue weighted by atomic mass is 9.49. The van der Waals surface area contributed by atoms with Crippen LogP contribution in [0.5, 0.6) is 0 Å². The first kappa shape index (κ1) is 22.0. The highest BCUT2D eigenvalue weighted by molar-refractivity contribution is 6.30. The molecule has 1 aromatic carbocycles. The van der Waals surface area contributed by atoms with E-state index in [1.807, 2.05) is 9.80 Å². The third-order valence-corrected chi connectivity index (χ3v) is 8.64. The minimum absolute atomic E-state index is 0.0250. The minimum Gasteiger partial charge on any atom is -0.362 e. The fourth-order valence-corrected chi connectivity index (χ4v) is 7.85. The van der Waals surface area contributed by atoms with Gasteiger partial charge in [-0.25, -0.2) is 0 Å². The molecule has 4 bridgehead atoms. The Bertz CT molecular complexity index is 864. The van der Waals surface area contributed by atoms with Crippen molar-refractivity contribution in [1.82, 2.24) is 4.90 Å². The topological polar surface area (TPSA) is 71.1 Å². The van der Waals surface area contributed by atoms with Gasteiger partial charge in [-0.15, -0.1) is 0 Å². The van der Waals surface area contributed by atoms with Crippen molar-refractivity contribution in [3.63, 3.8) is 0 Å². The molecule has 1 N–H and O–H groups in total. The number of piperazine rings is 1. The summed E-state index contributed by atoms with van der Waals surface area (Å²) in [5, 5.41) is 11.8. The monoisotopic (exact) mass is 461 g/mol. The number of benzene rings is 1. The molecular weight excluding hydrogens is 428 g/mol. The van der Waals surface area contributed by atoms with Gasteiger partial charge in [0.1, 0.15) is 5.69 Å². The maximum Gasteiger partial charge on any atom is 0.294 e. The maximum atomic E-state index is 13.0. The largest absolute Gasteiger partial charge is 0.362 e. The zero-order valence-corrected chi connectivity index (χ0v) is 19.6. The predicted molar refractivity (Wildman–Crippen MR) is 124 cm³/mol. The number of carbonyl (C=O) groups is 1. The number of nitro groups is 1. The van der Waals surface area contributed by atoms with E-state index in [4.69, 9.17) is 11.6 Å². The van der Waals surface area contributed by atoms with Crippen molar-refractivity contribution in [2.24, 2.45) is 23.2 Å². The molecule has 8 heteroatoms. The number of hydrogen-bond donors (Lipinski definition) is 1. The highest BCUT2D eigenvalue weighted by Gasteiger charge is 2.52. The number of hydrogen-bond acceptors (Lipinski definition) is 4. The standard InChI is InChI=1S/C24H33ClN4O3/c1-26(16-24-12-17-8-18(13-24)10-19(9-17)14-24)15-23(30)28-6-4-27(5-7-28)21-3-2-20(25)11-22(21)29(31)32/h2-3,11,17-19H,4-10,12-16H2,1H3/p+1. The normalized spacial score (nSPS) is 32.2. The number of anilines is 1. The van der Waals surface area contributed by atoms with Crippen LogP contribution in [0.2, 0.25) is 5.02 Å². The Morgan fingerprint density at radius 1 is 1.12 bits per heavy atom. The van der Waals surface area contributed by atoms with Crippen LogP contribution in [0.3, 0.4) is 0 Å². The van der Waals surface area contributed by atoms with Crippen molar-refractivity contribution in [3.05, 3.63) is 33.3 Å². The van der Waals surface area contributed by atoms with Crippen molar-refractivity contribution in [2.75, 3.05) is 51.2 Å². The lowest BCUT2D eigenvalue weighted by molar-refractivity contribution is -0.880. The van der Waals surface area contributed by atoms with E-state index in [0.29, 0.717) is 48.8 Å². The molecule has 1 unspecified atom stereocenters. The quantitative estimate of drug-likeness (QED) is 0.522. The van der Waals surface area contributed by atoms with Gasteiger partial charge in [0.15, 0.2) is 6.54 Å². The molecular formula is C24H34ClN4O3+. The molecule has 1 atom stereocenters. The second kappa shape index (κ2) is 8.49. The molecule has 32 heavy (non-hydrogen) atoms. The number of quaternary nitrogens is 1. The summed E-state index contributed by atoms with van der Waals surface area (Å²) in [6.45, 7) is 4.07. The van der Waals surface area contributed by atoms with Crippen LogP contribution in [0.1, 0.15) is 38.5 Å². The summed E-state index contributed by atoms with van der Waals surface area (Å²) < 4.78 is 0. The molecule has 5 aliphatic rings. The average Bonchev–Trinajstić information content (AvgIpc) is 2.72. The molecule has 0 aromatic heterocycles. The number of nitro benzene ring substituents is 1. The van der Waals surface area contributed by atoms with E-state index >= 15 is 0 Å². The van der Waals surface area contributed by atoms with E-state index in [0.717, 1.165) is 24.3 Å². The van der Waals surface area contributed by atoms with Crippen LogP contribution in [-0.4, -0.2) is 62.0 Å². The molecule has 1 aromatic rings. The number of nitrogens with one attached hydrogen (secondary N) is 1. The Kier molecular flexibility index (Phi) is 5.82. The molecule has 1 saturated heterocycles. The fourth-order valence-electron chi connectivity index (χ4n) is 7.69. The van der Waals surface area contributed by atoms with Gasteiger partial charge < -0.3 is 14.7 Å². The number of likely N-dealkylation sites (N-methyl/N-ethyl adjacent to an activating group) is 1. The van der Waals surface area contributed by atoms with E-state index < -0.39 is 0 Å². The number of halogens is 1. The van der Waals surface area contributed by atoms with Crippen molar-refractivity contribution < 1.29 is 14.6 Å². The van der Waals surface area contributed by atoms with Crippen LogP contribution < -0.4 is 9.80 Å². The highest BCUT2D eigenvalue weighted by Crippen LogP contribution is 2.59. The first-order chi connectivity index (χ1) is 15.3. The van der Waals surface area contributed by atoms with Gasteiger partial charge in [0, 0.05) is 42.7 Å². The fraction of sp³-hybridized carbons (Fsp3) is 0.708. The van der Waals surface area contributed by atoms with Gasteiger partial charge in [-0.1, -0.05) is 11.6 Å². The van der Waals surface area contributed by atoms with E-state index in [9.17, 15) is 14.9 Å². The molecule has 1 heterocycles. The number of nitrogens with zero attached hydrogens (tertiary/aromatic N) is 3. The summed E-state index contributed by atoms with van der Waals surface area (Å²) in [5.74, 6) is 3.02. The van der Waals surface area contributed by atoms with Crippen molar-refractivity contribution in [1.29, 1.82) is 0 Å². The molecule has 7 nitrogen and oxygen atoms in total. The Balaban J connectivity index is 1.15. The predicted octanol–water partition coefficient (Wildman–Crippen LogP) is 2.63. The van der Waals surface area contributed by atoms with Crippen molar-refractivity contribution in [2.45, 2.75) is 38.5 Å². The second-order valence-corrected chi connectivity index (χ2v) is 11.4. The molecule has 5 fully saturated rings. The van der Waals surface area contributed by atoms with Crippen molar-refractivity contribution in [3.8, 4) is 0 Å². The summed E-state index contributed by atoms with van der Waals surface area (Å²) in [7, 11) is 2.18. The van der Waals surface area contributed by atoms with Crippen molar-refractivity contribution >= 4 is 28.9 Å². The molecule has 0 spiro atoms. The lowest BCUT2D eigenvalue weighted by Crippen LogP contribution is -3.11. The maximum absolute atomic E-state index is 13.0. The van der Waals surface area contributed by atoms with Crippen LogP contribution in [0.4, 0.5) is 11.4 Å². The molecule has 0 radical (unpaired) electrons.